The van der Waals surface area contributed by atoms with Crippen LogP contribution < -0.4 is 10.2 Å². The fraction of sp³-hybridized carbons (Fsp3) is 0.375. The molecule has 1 aliphatic heterocycles. The Morgan fingerprint density at radius 1 is 1.41 bits per heavy atom. The first-order valence-electron chi connectivity index (χ1n) is 7.49. The molecule has 6 nitrogen and oxygen atoms in total. The summed E-state index contributed by atoms with van der Waals surface area (Å²) in [7, 11) is 0. The molecule has 0 saturated carbocycles. The van der Waals surface area contributed by atoms with E-state index in [-0.39, 0.29) is 12.1 Å². The molecule has 2 heterocycles. The molecule has 2 aromatic rings. The lowest BCUT2D eigenvalue weighted by molar-refractivity contribution is 0.181. The molecule has 116 valence electrons. The number of cyclic esters (lactones) is 1. The quantitative estimate of drug-likeness (QED) is 0.888. The summed E-state index contributed by atoms with van der Waals surface area (Å²) < 4.78 is 6.89. The van der Waals surface area contributed by atoms with Gasteiger partial charge in [0, 0.05) is 30.7 Å². The van der Waals surface area contributed by atoms with E-state index in [0.29, 0.717) is 13.2 Å². The highest BCUT2D eigenvalue weighted by atomic mass is 16.6. The van der Waals surface area contributed by atoms with Crippen LogP contribution >= 0.6 is 0 Å². The molecule has 3 rings (SSSR count). The molecule has 6 heteroatoms. The topological polar surface area (TPSA) is 59.4 Å². The predicted molar refractivity (Wildman–Crippen MR) is 83.8 cm³/mol. The van der Waals surface area contributed by atoms with Gasteiger partial charge >= 0.3 is 6.09 Å². The number of benzene rings is 1. The highest BCUT2D eigenvalue weighted by Crippen LogP contribution is 2.23. The number of carbonyl (C=O) groups is 1. The van der Waals surface area contributed by atoms with Crippen molar-refractivity contribution in [1.29, 1.82) is 0 Å². The van der Waals surface area contributed by atoms with Crippen molar-refractivity contribution >= 4 is 11.8 Å². The Balaban J connectivity index is 1.60. The maximum absolute atomic E-state index is 11.6. The zero-order valence-electron chi connectivity index (χ0n) is 12.6. The van der Waals surface area contributed by atoms with E-state index in [1.165, 1.54) is 0 Å². The van der Waals surface area contributed by atoms with E-state index in [1.807, 2.05) is 35.1 Å². The van der Waals surface area contributed by atoms with E-state index >= 15 is 0 Å². The number of ether oxygens (including phenoxy) is 1. The van der Waals surface area contributed by atoms with Crippen molar-refractivity contribution in [1.82, 2.24) is 15.1 Å². The summed E-state index contributed by atoms with van der Waals surface area (Å²) in [4.78, 5) is 13.3. The third-order valence-electron chi connectivity index (χ3n) is 3.79. The van der Waals surface area contributed by atoms with Gasteiger partial charge in [-0.15, -0.1) is 0 Å². The molecule has 1 aliphatic rings. The average Bonchev–Trinajstić information content (AvgIpc) is 3.19. The first kappa shape index (κ1) is 14.6. The van der Waals surface area contributed by atoms with Gasteiger partial charge in [-0.2, -0.15) is 5.10 Å². The number of hydrogen-bond donors (Lipinski definition) is 1. The van der Waals surface area contributed by atoms with Crippen molar-refractivity contribution in [3.05, 3.63) is 48.3 Å². The number of hydrogen-bond acceptors (Lipinski definition) is 4. The van der Waals surface area contributed by atoms with Crippen molar-refractivity contribution in [3.8, 4) is 0 Å². The molecule has 1 atom stereocenters. The van der Waals surface area contributed by atoms with Crippen LogP contribution in [0, 0.1) is 0 Å². The first-order valence-corrected chi connectivity index (χ1v) is 7.49. The first-order chi connectivity index (χ1) is 10.7. The maximum Gasteiger partial charge on any atom is 0.414 e. The van der Waals surface area contributed by atoms with Gasteiger partial charge in [-0.05, 0) is 30.7 Å². The van der Waals surface area contributed by atoms with Gasteiger partial charge in [-0.25, -0.2) is 4.79 Å². The fourth-order valence-corrected chi connectivity index (χ4v) is 2.54. The molecule has 0 spiro atoms. The lowest BCUT2D eigenvalue weighted by Crippen LogP contribution is -2.25. The maximum atomic E-state index is 11.6. The number of anilines is 1. The van der Waals surface area contributed by atoms with Gasteiger partial charge < -0.3 is 10.1 Å². The van der Waals surface area contributed by atoms with Gasteiger partial charge in [-0.3, -0.25) is 9.58 Å². The largest absolute Gasteiger partial charge is 0.447 e. The van der Waals surface area contributed by atoms with E-state index in [0.717, 1.165) is 24.3 Å². The lowest BCUT2D eigenvalue weighted by atomic mass is 10.1. The zero-order valence-corrected chi connectivity index (χ0v) is 12.6. The summed E-state index contributed by atoms with van der Waals surface area (Å²) in [5, 5.41) is 7.65. The van der Waals surface area contributed by atoms with Crippen molar-refractivity contribution in [2.24, 2.45) is 0 Å². The summed E-state index contributed by atoms with van der Waals surface area (Å²) in [6.07, 6.45) is 3.46. The SMILES string of the molecule is C[C@@H](NCCn1cccn1)c1cccc(N2CCOC2=O)c1. The van der Waals surface area contributed by atoms with Gasteiger partial charge in [0.15, 0.2) is 0 Å². The Labute approximate surface area is 129 Å². The van der Waals surface area contributed by atoms with Gasteiger partial charge in [0.2, 0.25) is 0 Å². The minimum atomic E-state index is -0.267. The lowest BCUT2D eigenvalue weighted by Gasteiger charge is -2.18. The van der Waals surface area contributed by atoms with Crippen LogP contribution in [0.3, 0.4) is 0 Å². The Hall–Kier alpha value is -2.34. The second-order valence-electron chi connectivity index (χ2n) is 5.31. The monoisotopic (exact) mass is 300 g/mol. The molecule has 1 amide bonds. The van der Waals surface area contributed by atoms with Crippen LogP contribution in [-0.4, -0.2) is 35.6 Å². The molecule has 0 bridgehead atoms. The van der Waals surface area contributed by atoms with Crippen LogP contribution in [0.5, 0.6) is 0 Å². The minimum Gasteiger partial charge on any atom is -0.447 e. The zero-order chi connectivity index (χ0) is 15.4. The van der Waals surface area contributed by atoms with Crippen molar-refractivity contribution in [2.45, 2.75) is 19.5 Å². The molecule has 1 aromatic carbocycles. The Kier molecular flexibility index (Phi) is 4.39. The second kappa shape index (κ2) is 6.62. The Morgan fingerprint density at radius 3 is 3.05 bits per heavy atom. The van der Waals surface area contributed by atoms with E-state index in [9.17, 15) is 4.79 Å². The molecule has 0 radical (unpaired) electrons. The number of rotatable bonds is 6. The van der Waals surface area contributed by atoms with Gasteiger partial charge in [0.1, 0.15) is 6.61 Å². The molecular weight excluding hydrogens is 280 g/mol. The van der Waals surface area contributed by atoms with Gasteiger partial charge in [-0.1, -0.05) is 12.1 Å². The number of carbonyl (C=O) groups excluding carboxylic acids is 1. The van der Waals surface area contributed by atoms with E-state index < -0.39 is 0 Å². The molecule has 1 N–H and O–H groups in total. The molecule has 22 heavy (non-hydrogen) atoms. The summed E-state index contributed by atoms with van der Waals surface area (Å²) in [6.45, 7) is 4.85. The molecule has 1 fully saturated rings. The summed E-state index contributed by atoms with van der Waals surface area (Å²) in [5.41, 5.74) is 2.04. The van der Waals surface area contributed by atoms with Crippen molar-refractivity contribution < 1.29 is 9.53 Å². The minimum absolute atomic E-state index is 0.203. The fourth-order valence-electron chi connectivity index (χ4n) is 2.54. The van der Waals surface area contributed by atoms with Crippen LogP contribution in [0.1, 0.15) is 18.5 Å². The third kappa shape index (κ3) is 3.28. The second-order valence-corrected chi connectivity index (χ2v) is 5.31. The third-order valence-corrected chi connectivity index (χ3v) is 3.79. The molecular formula is C16H20N4O2. The highest BCUT2D eigenvalue weighted by molar-refractivity contribution is 5.89. The van der Waals surface area contributed by atoms with Crippen LogP contribution in [0.4, 0.5) is 10.5 Å². The summed E-state index contributed by atoms with van der Waals surface area (Å²) in [5.74, 6) is 0. The van der Waals surface area contributed by atoms with Gasteiger partial charge in [0.05, 0.1) is 13.1 Å². The predicted octanol–water partition coefficient (Wildman–Crippen LogP) is 2.19. The van der Waals surface area contributed by atoms with Crippen LogP contribution in [-0.2, 0) is 11.3 Å². The highest BCUT2D eigenvalue weighted by Gasteiger charge is 2.23. The van der Waals surface area contributed by atoms with E-state index in [2.05, 4.69) is 23.4 Å². The number of amides is 1. The molecule has 0 aliphatic carbocycles. The smallest absolute Gasteiger partial charge is 0.414 e. The van der Waals surface area contributed by atoms with Crippen molar-refractivity contribution in [3.63, 3.8) is 0 Å². The van der Waals surface area contributed by atoms with Crippen molar-refractivity contribution in [2.75, 3.05) is 24.6 Å². The van der Waals surface area contributed by atoms with Gasteiger partial charge in [0.25, 0.3) is 0 Å². The average molecular weight is 300 g/mol. The van der Waals surface area contributed by atoms with E-state index in [1.54, 1.807) is 11.1 Å². The number of nitrogens with zero attached hydrogens (tertiary/aromatic N) is 3. The Morgan fingerprint density at radius 2 is 2.32 bits per heavy atom. The number of nitrogens with one attached hydrogen (secondary N) is 1. The summed E-state index contributed by atoms with van der Waals surface area (Å²) >= 11 is 0. The number of aromatic nitrogens is 2. The normalized spacial score (nSPS) is 15.9. The van der Waals surface area contributed by atoms with Crippen LogP contribution in [0.15, 0.2) is 42.7 Å². The molecule has 0 unspecified atom stereocenters. The standard InChI is InChI=1S/C16H20N4O2/c1-13(17-7-9-19-8-3-6-18-19)14-4-2-5-15(12-14)20-10-11-22-16(20)21/h2-6,8,12-13,17H,7,9-11H2,1H3/t13-/m1/s1. The van der Waals surface area contributed by atoms with E-state index in [4.69, 9.17) is 4.74 Å². The van der Waals surface area contributed by atoms with Crippen LogP contribution in [0.25, 0.3) is 0 Å². The van der Waals surface area contributed by atoms with Crippen LogP contribution in [0.2, 0.25) is 0 Å². The Bertz CT molecular complexity index is 627. The summed E-state index contributed by atoms with van der Waals surface area (Å²) in [6, 6.07) is 10.1. The molecule has 1 saturated heterocycles. The molecule has 1 aromatic heterocycles.